The molecule has 0 aliphatic carbocycles. The maximum atomic E-state index is 11.9. The summed E-state index contributed by atoms with van der Waals surface area (Å²) in [5, 5.41) is 10.8. The molecule has 0 aliphatic rings. The summed E-state index contributed by atoms with van der Waals surface area (Å²) in [4.78, 5) is 21.5. The van der Waals surface area contributed by atoms with Crippen molar-refractivity contribution < 1.29 is 22.9 Å². The summed E-state index contributed by atoms with van der Waals surface area (Å²) >= 11 is 0. The number of hydrogen-bond donors (Lipinski definition) is 0. The van der Waals surface area contributed by atoms with Crippen LogP contribution in [0.25, 0.3) is 0 Å². The van der Waals surface area contributed by atoms with Gasteiger partial charge in [-0.3, -0.25) is 14.9 Å². The predicted molar refractivity (Wildman–Crippen MR) is 76.6 cm³/mol. The van der Waals surface area contributed by atoms with Gasteiger partial charge in [0.25, 0.3) is 5.69 Å². The molecule has 7 nitrogen and oxygen atoms in total. The van der Waals surface area contributed by atoms with Crippen LogP contribution in [0, 0.1) is 16.0 Å². The summed E-state index contributed by atoms with van der Waals surface area (Å²) in [6.45, 7) is 1.47. The average molecular weight is 315 g/mol. The summed E-state index contributed by atoms with van der Waals surface area (Å²) in [5.41, 5.74) is 0.255. The third-order valence-electron chi connectivity index (χ3n) is 2.98. The van der Waals surface area contributed by atoms with Gasteiger partial charge in [0.2, 0.25) is 0 Å². The molecule has 0 spiro atoms. The molecule has 0 saturated heterocycles. The van der Waals surface area contributed by atoms with Gasteiger partial charge in [-0.1, -0.05) is 25.1 Å². The maximum absolute atomic E-state index is 11.9. The van der Waals surface area contributed by atoms with Crippen LogP contribution in [-0.2, 0) is 25.8 Å². The number of para-hydroxylation sites is 1. The van der Waals surface area contributed by atoms with Crippen molar-refractivity contribution in [3.8, 4) is 0 Å². The van der Waals surface area contributed by atoms with Crippen LogP contribution < -0.4 is 0 Å². The van der Waals surface area contributed by atoms with Crippen molar-refractivity contribution in [2.45, 2.75) is 13.3 Å². The minimum Gasteiger partial charge on any atom is -0.469 e. The maximum Gasteiger partial charge on any atom is 0.309 e. The molecule has 0 bridgehead atoms. The number of nitro groups is 1. The molecule has 0 amide bonds. The summed E-state index contributed by atoms with van der Waals surface area (Å²) in [6.07, 6.45) is 0.0351. The number of carbonyl (C=O) groups excluding carboxylic acids is 1. The first-order valence-corrected chi connectivity index (χ1v) is 8.09. The number of carbonyl (C=O) groups is 1. The zero-order valence-electron chi connectivity index (χ0n) is 11.8. The molecule has 0 radical (unpaired) electrons. The Morgan fingerprint density at radius 1 is 1.38 bits per heavy atom. The van der Waals surface area contributed by atoms with Gasteiger partial charge in [0.1, 0.15) is 0 Å². The Labute approximate surface area is 123 Å². The first kappa shape index (κ1) is 17.1. The average Bonchev–Trinajstić information content (AvgIpc) is 2.44. The second kappa shape index (κ2) is 7.16. The Hall–Kier alpha value is -1.96. The van der Waals surface area contributed by atoms with Crippen LogP contribution in [0.3, 0.4) is 0 Å². The summed E-state index contributed by atoms with van der Waals surface area (Å²) in [7, 11) is -2.31. The number of methoxy groups -OCH3 is 1. The molecule has 1 aromatic carbocycles. The van der Waals surface area contributed by atoms with Crippen LogP contribution in [-0.4, -0.2) is 37.9 Å². The fourth-order valence-corrected chi connectivity index (χ4v) is 3.49. The zero-order chi connectivity index (χ0) is 16.0. The van der Waals surface area contributed by atoms with E-state index in [9.17, 15) is 23.3 Å². The van der Waals surface area contributed by atoms with Crippen LogP contribution >= 0.6 is 0 Å². The Morgan fingerprint density at radius 2 is 2.00 bits per heavy atom. The molecule has 0 fully saturated rings. The molecule has 0 aromatic heterocycles. The fraction of sp³-hybridized carbons (Fsp3) is 0.462. The molecular formula is C13H17NO6S. The molecule has 0 saturated carbocycles. The molecule has 8 heteroatoms. The molecular weight excluding hydrogens is 298 g/mol. The normalized spacial score (nSPS) is 12.7. The highest BCUT2D eigenvalue weighted by atomic mass is 32.2. The van der Waals surface area contributed by atoms with Crippen LogP contribution in [0.2, 0.25) is 0 Å². The number of benzene rings is 1. The van der Waals surface area contributed by atoms with Crippen molar-refractivity contribution in [1.29, 1.82) is 0 Å². The van der Waals surface area contributed by atoms with Gasteiger partial charge >= 0.3 is 5.97 Å². The fourth-order valence-electron chi connectivity index (χ4n) is 1.90. The van der Waals surface area contributed by atoms with Gasteiger partial charge in [0, 0.05) is 11.6 Å². The van der Waals surface area contributed by atoms with Gasteiger partial charge in [-0.05, 0) is 6.42 Å². The number of nitrogens with zero attached hydrogens (tertiary/aromatic N) is 1. The second-order valence-electron chi connectivity index (χ2n) is 4.67. The number of ether oxygens (including phenoxy) is 1. The summed E-state index contributed by atoms with van der Waals surface area (Å²) in [5.74, 6) is -1.94. The minimum absolute atomic E-state index is 0.0351. The third kappa shape index (κ3) is 5.14. The smallest absolute Gasteiger partial charge is 0.309 e. The van der Waals surface area contributed by atoms with Crippen molar-refractivity contribution in [2.24, 2.45) is 5.92 Å². The van der Waals surface area contributed by atoms with Gasteiger partial charge in [-0.2, -0.15) is 0 Å². The lowest BCUT2D eigenvalue weighted by molar-refractivity contribution is -0.385. The predicted octanol–water partition coefficient (Wildman–Crippen LogP) is 1.36. The Balaban J connectivity index is 2.74. The Kier molecular flexibility index (Phi) is 5.83. The highest BCUT2D eigenvalue weighted by Gasteiger charge is 2.23. The van der Waals surface area contributed by atoms with Gasteiger partial charge in [0.15, 0.2) is 9.84 Å². The van der Waals surface area contributed by atoms with Crippen molar-refractivity contribution in [3.63, 3.8) is 0 Å². The van der Waals surface area contributed by atoms with Gasteiger partial charge in [-0.25, -0.2) is 8.42 Å². The molecule has 21 heavy (non-hydrogen) atoms. The first-order valence-electron chi connectivity index (χ1n) is 6.27. The lowest BCUT2D eigenvalue weighted by Crippen LogP contribution is -2.24. The van der Waals surface area contributed by atoms with E-state index >= 15 is 0 Å². The standard InChI is InChI=1S/C13H17NO6S/c1-10(13(15)20-2)9-21(18,19)8-7-11-5-3-4-6-12(11)14(16)17/h3-6,10H,7-9H2,1-2H3. The van der Waals surface area contributed by atoms with Gasteiger partial charge in [-0.15, -0.1) is 0 Å². The largest absolute Gasteiger partial charge is 0.469 e. The molecule has 1 atom stereocenters. The molecule has 116 valence electrons. The van der Waals surface area contributed by atoms with E-state index in [0.717, 1.165) is 0 Å². The summed E-state index contributed by atoms with van der Waals surface area (Å²) < 4.78 is 28.4. The van der Waals surface area contributed by atoms with Crippen LogP contribution in [0.4, 0.5) is 5.69 Å². The van der Waals surface area contributed by atoms with Crippen molar-refractivity contribution >= 4 is 21.5 Å². The minimum atomic E-state index is -3.50. The van der Waals surface area contributed by atoms with Crippen molar-refractivity contribution in [1.82, 2.24) is 0 Å². The SMILES string of the molecule is COC(=O)C(C)CS(=O)(=O)CCc1ccccc1[N+](=O)[O-]. The summed E-state index contributed by atoms with van der Waals surface area (Å²) in [6, 6.07) is 6.00. The molecule has 1 unspecified atom stereocenters. The topological polar surface area (TPSA) is 104 Å². The van der Waals surface area contributed by atoms with E-state index in [0.29, 0.717) is 5.56 Å². The highest BCUT2D eigenvalue weighted by molar-refractivity contribution is 7.91. The van der Waals surface area contributed by atoms with E-state index in [2.05, 4.69) is 4.74 Å². The number of rotatable bonds is 7. The second-order valence-corrected chi connectivity index (χ2v) is 6.90. The van der Waals surface area contributed by atoms with E-state index in [1.807, 2.05) is 0 Å². The first-order chi connectivity index (χ1) is 9.76. The number of hydrogen-bond acceptors (Lipinski definition) is 6. The lowest BCUT2D eigenvalue weighted by atomic mass is 10.1. The number of nitro benzene ring substituents is 1. The van der Waals surface area contributed by atoms with Crippen LogP contribution in [0.15, 0.2) is 24.3 Å². The van der Waals surface area contributed by atoms with Crippen molar-refractivity contribution in [3.05, 3.63) is 39.9 Å². The Bertz CT molecular complexity index is 625. The van der Waals surface area contributed by atoms with Crippen molar-refractivity contribution in [2.75, 3.05) is 18.6 Å². The monoisotopic (exact) mass is 315 g/mol. The van der Waals surface area contributed by atoms with Crippen LogP contribution in [0.5, 0.6) is 0 Å². The van der Waals surface area contributed by atoms with Crippen LogP contribution in [0.1, 0.15) is 12.5 Å². The molecule has 0 heterocycles. The van der Waals surface area contributed by atoms with Gasteiger partial charge in [0.05, 0.1) is 29.5 Å². The van der Waals surface area contributed by atoms with E-state index in [4.69, 9.17) is 0 Å². The molecule has 0 N–H and O–H groups in total. The molecule has 1 rings (SSSR count). The zero-order valence-corrected chi connectivity index (χ0v) is 12.6. The van der Waals surface area contributed by atoms with Gasteiger partial charge < -0.3 is 4.74 Å². The quantitative estimate of drug-likeness (QED) is 0.427. The van der Waals surface area contributed by atoms with E-state index < -0.39 is 26.6 Å². The molecule has 0 aliphatic heterocycles. The van der Waals surface area contributed by atoms with E-state index in [-0.39, 0.29) is 23.6 Å². The highest BCUT2D eigenvalue weighted by Crippen LogP contribution is 2.19. The Morgan fingerprint density at radius 3 is 2.57 bits per heavy atom. The number of esters is 1. The third-order valence-corrected chi connectivity index (χ3v) is 4.81. The molecule has 1 aromatic rings. The number of aryl methyl sites for hydroxylation is 1. The number of sulfone groups is 1. The lowest BCUT2D eigenvalue weighted by Gasteiger charge is -2.10. The van der Waals surface area contributed by atoms with E-state index in [1.54, 1.807) is 6.07 Å². The van der Waals surface area contributed by atoms with E-state index in [1.165, 1.54) is 32.2 Å².